The molecule has 0 spiro atoms. The summed E-state index contributed by atoms with van der Waals surface area (Å²) in [5, 5.41) is 4.71. The van der Waals surface area contributed by atoms with Crippen LogP contribution in [0.4, 0.5) is 13.2 Å². The number of aromatic nitrogens is 5. The maximum Gasteiger partial charge on any atom is 0.417 e. The largest absolute Gasteiger partial charge is 0.417 e. The highest BCUT2D eigenvalue weighted by molar-refractivity contribution is 9.10. The van der Waals surface area contributed by atoms with Gasteiger partial charge in [0.2, 0.25) is 0 Å². The molecule has 1 amide bonds. The van der Waals surface area contributed by atoms with E-state index in [4.69, 9.17) is 5.10 Å². The highest BCUT2D eigenvalue weighted by atomic mass is 79.9. The molecule has 44 heavy (non-hydrogen) atoms. The summed E-state index contributed by atoms with van der Waals surface area (Å²) in [6.45, 7) is 1.85. The average Bonchev–Trinajstić information content (AvgIpc) is 3.56. The van der Waals surface area contributed by atoms with Crippen LogP contribution in [-0.4, -0.2) is 40.6 Å². The van der Waals surface area contributed by atoms with Crippen molar-refractivity contribution in [2.24, 2.45) is 13.0 Å². The molecule has 1 atom stereocenters. The number of aryl methyl sites for hydroxylation is 1. The van der Waals surface area contributed by atoms with E-state index in [1.807, 2.05) is 49.0 Å². The molecule has 0 radical (unpaired) electrons. The molecule has 1 aliphatic carbocycles. The van der Waals surface area contributed by atoms with Gasteiger partial charge in [-0.3, -0.25) is 14.2 Å². The highest BCUT2D eigenvalue weighted by Gasteiger charge is 2.37. The first-order valence-corrected chi connectivity index (χ1v) is 15.2. The van der Waals surface area contributed by atoms with E-state index < -0.39 is 23.7 Å². The number of carbonyl (C=O) groups is 1. The third-order valence-corrected chi connectivity index (χ3v) is 9.33. The van der Waals surface area contributed by atoms with Gasteiger partial charge in [-0.25, -0.2) is 9.50 Å². The predicted octanol–water partition coefficient (Wildman–Crippen LogP) is 6.21. The van der Waals surface area contributed by atoms with E-state index in [1.54, 1.807) is 21.5 Å². The molecule has 3 aromatic heterocycles. The zero-order valence-electron chi connectivity index (χ0n) is 24.0. The lowest BCUT2D eigenvalue weighted by atomic mass is 9.97. The maximum absolute atomic E-state index is 14.3. The van der Waals surface area contributed by atoms with Crippen LogP contribution in [0, 0.1) is 5.92 Å². The Labute approximate surface area is 258 Å². The Morgan fingerprint density at radius 1 is 1.11 bits per heavy atom. The number of fused-ring (bicyclic) bond motifs is 3. The second-order valence-electron chi connectivity index (χ2n) is 11.7. The average molecular weight is 666 g/mol. The molecule has 0 bridgehead atoms. The lowest BCUT2D eigenvalue weighted by molar-refractivity contribution is -0.138. The Kier molecular flexibility index (Phi) is 6.80. The van der Waals surface area contributed by atoms with Gasteiger partial charge in [0.15, 0.2) is 0 Å². The molecule has 1 fully saturated rings. The molecule has 8 nitrogen and oxygen atoms in total. The van der Waals surface area contributed by atoms with Gasteiger partial charge in [-0.05, 0) is 81.0 Å². The van der Waals surface area contributed by atoms with E-state index in [9.17, 15) is 22.8 Å². The number of halogens is 4. The van der Waals surface area contributed by atoms with Crippen LogP contribution in [-0.2, 0) is 32.6 Å². The van der Waals surface area contributed by atoms with Crippen molar-refractivity contribution in [3.05, 3.63) is 104 Å². The van der Waals surface area contributed by atoms with Gasteiger partial charge in [-0.2, -0.15) is 18.3 Å². The molecule has 0 N–H and O–H groups in total. The first-order chi connectivity index (χ1) is 21.0. The molecule has 0 unspecified atom stereocenters. The second kappa shape index (κ2) is 10.5. The summed E-state index contributed by atoms with van der Waals surface area (Å²) in [6.07, 6.45) is 4.05. The molecule has 12 heteroatoms. The minimum atomic E-state index is -4.62. The topological polar surface area (TPSA) is 77.4 Å². The summed E-state index contributed by atoms with van der Waals surface area (Å²) < 4.78 is 46.1. The molecule has 2 aliphatic rings. The standard InChI is InChI=1S/C32H28BrF3N6O2/c1-18-13-24-27(17-40(18)30(43)21-7-10-26(33)25(15-21)32(34,35)36)42-29(22(16-38-42)14-19-3-4-19)41(31(24)44)23-8-5-20(6-9-23)28-37-11-12-39(28)2/h5-12,15-16,18-19H,3-4,13-14,17H2,1-2H3/t18-/m1/s1. The minimum Gasteiger partial charge on any atom is -0.334 e. The summed E-state index contributed by atoms with van der Waals surface area (Å²) in [7, 11) is 1.92. The van der Waals surface area contributed by atoms with Crippen molar-refractivity contribution >= 4 is 27.5 Å². The summed E-state index contributed by atoms with van der Waals surface area (Å²) in [4.78, 5) is 33.9. The van der Waals surface area contributed by atoms with E-state index in [1.165, 1.54) is 17.0 Å². The Morgan fingerprint density at radius 3 is 2.52 bits per heavy atom. The number of amides is 1. The predicted molar refractivity (Wildman–Crippen MR) is 162 cm³/mol. The number of rotatable bonds is 5. The first kappa shape index (κ1) is 28.6. The number of imidazole rings is 1. The molecule has 2 aromatic carbocycles. The fraction of sp³-hybridized carbons (Fsp3) is 0.312. The van der Waals surface area contributed by atoms with E-state index >= 15 is 0 Å². The smallest absolute Gasteiger partial charge is 0.334 e. The third kappa shape index (κ3) is 4.85. The van der Waals surface area contributed by atoms with Crippen LogP contribution >= 0.6 is 15.9 Å². The van der Waals surface area contributed by atoms with Crippen LogP contribution in [0.5, 0.6) is 0 Å². The van der Waals surface area contributed by atoms with Crippen LogP contribution in [0.15, 0.2) is 70.3 Å². The van der Waals surface area contributed by atoms with Crippen molar-refractivity contribution in [1.82, 2.24) is 28.6 Å². The molecule has 226 valence electrons. The van der Waals surface area contributed by atoms with Gasteiger partial charge >= 0.3 is 6.18 Å². The molecule has 1 saturated carbocycles. The molecular formula is C32H28BrF3N6O2. The van der Waals surface area contributed by atoms with Crippen LogP contribution < -0.4 is 5.56 Å². The zero-order valence-corrected chi connectivity index (χ0v) is 25.6. The number of alkyl halides is 3. The molecule has 4 heterocycles. The van der Waals surface area contributed by atoms with Crippen molar-refractivity contribution in [3.63, 3.8) is 0 Å². The fourth-order valence-corrected chi connectivity index (χ4v) is 6.59. The van der Waals surface area contributed by atoms with E-state index in [2.05, 4.69) is 20.9 Å². The monoisotopic (exact) mass is 664 g/mol. The van der Waals surface area contributed by atoms with Gasteiger partial charge in [-0.15, -0.1) is 0 Å². The van der Waals surface area contributed by atoms with E-state index in [0.29, 0.717) is 28.5 Å². The number of carbonyl (C=O) groups excluding carboxylic acids is 1. The highest BCUT2D eigenvalue weighted by Crippen LogP contribution is 2.37. The third-order valence-electron chi connectivity index (χ3n) is 8.64. The summed E-state index contributed by atoms with van der Waals surface area (Å²) in [6, 6.07) is 10.7. The van der Waals surface area contributed by atoms with Crippen molar-refractivity contribution in [3.8, 4) is 17.1 Å². The van der Waals surface area contributed by atoms with Crippen molar-refractivity contribution in [1.29, 1.82) is 0 Å². The van der Waals surface area contributed by atoms with Gasteiger partial charge in [0.1, 0.15) is 11.5 Å². The van der Waals surface area contributed by atoms with Gasteiger partial charge in [0.25, 0.3) is 11.5 Å². The van der Waals surface area contributed by atoms with E-state index in [-0.39, 0.29) is 28.6 Å². The molecule has 7 rings (SSSR count). The number of hydrogen-bond acceptors (Lipinski definition) is 4. The normalized spacial score (nSPS) is 16.9. The minimum absolute atomic E-state index is 0.0436. The van der Waals surface area contributed by atoms with Crippen LogP contribution in [0.3, 0.4) is 0 Å². The van der Waals surface area contributed by atoms with E-state index in [0.717, 1.165) is 42.3 Å². The second-order valence-corrected chi connectivity index (χ2v) is 12.6. The molecule has 1 aliphatic heterocycles. The maximum atomic E-state index is 14.3. The Morgan fingerprint density at radius 2 is 1.86 bits per heavy atom. The number of hydrogen-bond donors (Lipinski definition) is 0. The van der Waals surface area contributed by atoms with Crippen LogP contribution in [0.2, 0.25) is 0 Å². The van der Waals surface area contributed by atoms with Crippen molar-refractivity contribution in [2.75, 3.05) is 0 Å². The van der Waals surface area contributed by atoms with Crippen molar-refractivity contribution < 1.29 is 18.0 Å². The SMILES string of the molecule is C[C@@H]1Cc2c(n3ncc(CC4CC4)c3n(-c3ccc(-c4nccn4C)cc3)c2=O)CN1C(=O)c1ccc(Br)c(C(F)(F)F)c1. The lowest BCUT2D eigenvalue weighted by Gasteiger charge is -2.35. The zero-order chi connectivity index (χ0) is 30.9. The van der Waals surface area contributed by atoms with Crippen LogP contribution in [0.25, 0.3) is 22.7 Å². The summed E-state index contributed by atoms with van der Waals surface area (Å²) >= 11 is 2.95. The first-order valence-electron chi connectivity index (χ1n) is 14.4. The van der Waals surface area contributed by atoms with Gasteiger partial charge in [0.05, 0.1) is 29.7 Å². The quantitative estimate of drug-likeness (QED) is 0.224. The lowest BCUT2D eigenvalue weighted by Crippen LogP contribution is -2.46. The Balaban J connectivity index is 1.33. The van der Waals surface area contributed by atoms with Gasteiger partial charge in [-0.1, -0.05) is 15.9 Å². The van der Waals surface area contributed by atoms with Gasteiger partial charge < -0.3 is 9.47 Å². The Bertz CT molecular complexity index is 1990. The number of nitrogens with zero attached hydrogens (tertiary/aromatic N) is 6. The summed E-state index contributed by atoms with van der Waals surface area (Å²) in [5.74, 6) is 0.811. The van der Waals surface area contributed by atoms with Gasteiger partial charge in [0, 0.05) is 52.2 Å². The molecule has 5 aromatic rings. The Hall–Kier alpha value is -4.19. The number of benzene rings is 2. The van der Waals surface area contributed by atoms with Crippen molar-refractivity contribution in [2.45, 2.75) is 51.4 Å². The summed E-state index contributed by atoms with van der Waals surface area (Å²) in [5.41, 5.74) is 3.15. The van der Waals surface area contributed by atoms with Crippen LogP contribution in [0.1, 0.15) is 52.5 Å². The molecule has 0 saturated heterocycles. The molecular weight excluding hydrogens is 637 g/mol. The fourth-order valence-electron chi connectivity index (χ4n) is 6.12.